The average Bonchev–Trinajstić information content (AvgIpc) is 3.51. The Kier molecular flexibility index (Phi) is 4.80. The number of benzene rings is 1. The van der Waals surface area contributed by atoms with Crippen LogP contribution >= 0.6 is 0 Å². The van der Waals surface area contributed by atoms with Crippen LogP contribution < -0.4 is 5.32 Å². The zero-order chi connectivity index (χ0) is 29.7. The molecule has 1 N–H and O–H groups in total. The van der Waals surface area contributed by atoms with Gasteiger partial charge in [-0.25, -0.2) is 19.3 Å². The molecule has 5 rings (SSSR count). The van der Waals surface area contributed by atoms with Crippen molar-refractivity contribution in [2.45, 2.75) is 32.9 Å². The van der Waals surface area contributed by atoms with Gasteiger partial charge in [-0.2, -0.15) is 5.10 Å². The number of amides is 1. The van der Waals surface area contributed by atoms with Crippen LogP contribution in [0.15, 0.2) is 42.9 Å². The maximum atomic E-state index is 14.4. The van der Waals surface area contributed by atoms with E-state index in [1.165, 1.54) is 16.7 Å². The number of carbonyl (C=O) groups excluding carboxylic acids is 1. The number of anilines is 2. The molecular formula is C25H27FN8O2. The largest absolute Gasteiger partial charge is 0.382 e. The SMILES string of the molecule is [2H]C([2H])([2H])OC[C@@H]1Cn2cc(-c3nc(Nc4ccnn4C)ncc3C)nc2C(=O)N1C([2H])([2H])c1ccc(C)c(F)c1. The minimum absolute atomic E-state index is 0.0255. The number of carbonyl (C=O) groups is 1. The van der Waals surface area contributed by atoms with Gasteiger partial charge in [-0.1, -0.05) is 12.1 Å². The summed E-state index contributed by atoms with van der Waals surface area (Å²) >= 11 is 0. The van der Waals surface area contributed by atoms with Gasteiger partial charge in [0.15, 0.2) is 5.82 Å². The quantitative estimate of drug-likeness (QED) is 0.420. The predicted molar refractivity (Wildman–Crippen MR) is 131 cm³/mol. The number of rotatable bonds is 7. The number of hydrogen-bond acceptors (Lipinski definition) is 7. The zero-order valence-electron chi connectivity index (χ0n) is 24.9. The molecule has 0 saturated carbocycles. The van der Waals surface area contributed by atoms with Gasteiger partial charge in [0.1, 0.15) is 17.3 Å². The number of ether oxygens (including phenoxy) is 1. The third-order valence-electron chi connectivity index (χ3n) is 5.93. The summed E-state index contributed by atoms with van der Waals surface area (Å²) in [5, 5.41) is 7.17. The Hall–Kier alpha value is -4.12. The molecule has 1 atom stereocenters. The molecule has 0 spiro atoms. The Morgan fingerprint density at radius 1 is 1.28 bits per heavy atom. The molecule has 4 aromatic rings. The first-order valence-electron chi connectivity index (χ1n) is 13.6. The van der Waals surface area contributed by atoms with E-state index in [0.717, 1.165) is 11.0 Å². The Morgan fingerprint density at radius 2 is 2.14 bits per heavy atom. The van der Waals surface area contributed by atoms with Crippen molar-refractivity contribution >= 4 is 17.7 Å². The van der Waals surface area contributed by atoms with Crippen LogP contribution in [0.1, 0.15) is 34.2 Å². The van der Waals surface area contributed by atoms with Gasteiger partial charge in [0.05, 0.1) is 31.4 Å². The molecule has 36 heavy (non-hydrogen) atoms. The summed E-state index contributed by atoms with van der Waals surface area (Å²) in [7, 11) is -1.01. The lowest BCUT2D eigenvalue weighted by atomic mass is 10.1. The molecular weight excluding hydrogens is 463 g/mol. The van der Waals surface area contributed by atoms with E-state index in [2.05, 4.69) is 25.4 Å². The second-order valence-corrected chi connectivity index (χ2v) is 8.51. The van der Waals surface area contributed by atoms with E-state index >= 15 is 0 Å². The molecule has 0 unspecified atom stereocenters. The summed E-state index contributed by atoms with van der Waals surface area (Å²) in [6.07, 6.45) is 4.82. The maximum Gasteiger partial charge on any atom is 0.290 e. The van der Waals surface area contributed by atoms with Crippen LogP contribution in [0.5, 0.6) is 0 Å². The predicted octanol–water partition coefficient (Wildman–Crippen LogP) is 3.24. The lowest BCUT2D eigenvalue weighted by Crippen LogP contribution is -2.49. The number of hydrogen-bond donors (Lipinski definition) is 1. The number of aryl methyl sites for hydroxylation is 3. The van der Waals surface area contributed by atoms with Crippen LogP contribution in [0.4, 0.5) is 16.2 Å². The molecule has 1 aromatic carbocycles. The average molecular weight is 496 g/mol. The fourth-order valence-corrected chi connectivity index (χ4v) is 3.96. The monoisotopic (exact) mass is 495 g/mol. The first-order chi connectivity index (χ1) is 19.2. The minimum atomic E-state index is -2.77. The van der Waals surface area contributed by atoms with Crippen LogP contribution in [0.2, 0.25) is 0 Å². The number of fused-ring (bicyclic) bond motifs is 1. The van der Waals surface area contributed by atoms with Crippen molar-refractivity contribution in [2.75, 3.05) is 19.0 Å². The van der Waals surface area contributed by atoms with E-state index in [0.29, 0.717) is 28.3 Å². The standard InChI is InChI=1S/C25H27FN8O2/c1-15-5-6-17(9-19(15)26)11-34-18(14-36-4)12-33-13-20(29-23(33)24(34)35)22-16(2)10-27-25(31-22)30-21-7-8-28-32(21)3/h5-10,13,18H,11-12,14H2,1-4H3,(H,27,30,31)/t18-/m0/s1/i4D3,11D2. The summed E-state index contributed by atoms with van der Waals surface area (Å²) in [4.78, 5) is 28.1. The van der Waals surface area contributed by atoms with Crippen LogP contribution in [0.3, 0.4) is 0 Å². The smallest absolute Gasteiger partial charge is 0.290 e. The topological polar surface area (TPSA) is 103 Å². The first kappa shape index (κ1) is 18.2. The summed E-state index contributed by atoms with van der Waals surface area (Å²) in [5.41, 5.74) is 1.65. The molecule has 0 saturated heterocycles. The molecule has 0 radical (unpaired) electrons. The van der Waals surface area contributed by atoms with Gasteiger partial charge < -0.3 is 19.5 Å². The minimum Gasteiger partial charge on any atom is -0.382 e. The van der Waals surface area contributed by atoms with Crippen LogP contribution in [0.25, 0.3) is 11.4 Å². The van der Waals surface area contributed by atoms with Crippen molar-refractivity contribution < 1.29 is 20.8 Å². The molecule has 4 heterocycles. The van der Waals surface area contributed by atoms with Gasteiger partial charge in [-0.15, -0.1) is 0 Å². The molecule has 1 amide bonds. The second-order valence-electron chi connectivity index (χ2n) is 8.51. The van der Waals surface area contributed by atoms with E-state index in [-0.39, 0.29) is 23.9 Å². The Bertz CT molecular complexity index is 1620. The van der Waals surface area contributed by atoms with Gasteiger partial charge in [0.25, 0.3) is 5.91 Å². The molecule has 1 aliphatic rings. The molecule has 0 aliphatic carbocycles. The van der Waals surface area contributed by atoms with Gasteiger partial charge in [-0.05, 0) is 36.6 Å². The third kappa shape index (κ3) is 4.44. The lowest BCUT2D eigenvalue weighted by Gasteiger charge is -2.35. The number of aromatic nitrogens is 6. The second kappa shape index (κ2) is 9.50. The highest BCUT2D eigenvalue weighted by molar-refractivity contribution is 5.92. The maximum absolute atomic E-state index is 14.4. The molecule has 10 nitrogen and oxygen atoms in total. The van der Waals surface area contributed by atoms with Crippen molar-refractivity contribution in [3.8, 4) is 11.4 Å². The van der Waals surface area contributed by atoms with Gasteiger partial charge in [0.2, 0.25) is 5.95 Å². The van der Waals surface area contributed by atoms with E-state index in [1.54, 1.807) is 50.2 Å². The normalized spacial score (nSPS) is 18.1. The highest BCUT2D eigenvalue weighted by atomic mass is 19.1. The highest BCUT2D eigenvalue weighted by Crippen LogP contribution is 2.27. The third-order valence-corrected chi connectivity index (χ3v) is 5.93. The highest BCUT2D eigenvalue weighted by Gasteiger charge is 2.35. The van der Waals surface area contributed by atoms with Gasteiger partial charge >= 0.3 is 0 Å². The van der Waals surface area contributed by atoms with Gasteiger partial charge in [-0.3, -0.25) is 9.48 Å². The molecule has 1 aliphatic heterocycles. The van der Waals surface area contributed by atoms with Crippen molar-refractivity contribution in [2.24, 2.45) is 7.05 Å². The number of imidazole rings is 1. The van der Waals surface area contributed by atoms with E-state index in [1.807, 2.05) is 0 Å². The van der Waals surface area contributed by atoms with Crippen molar-refractivity contribution in [3.63, 3.8) is 0 Å². The van der Waals surface area contributed by atoms with Crippen LogP contribution in [0, 0.1) is 19.7 Å². The Labute approximate surface area is 214 Å². The number of methoxy groups -OCH3 is 1. The van der Waals surface area contributed by atoms with E-state index in [4.69, 9.17) is 11.6 Å². The van der Waals surface area contributed by atoms with Crippen LogP contribution in [-0.4, -0.2) is 59.8 Å². The number of nitrogens with one attached hydrogen (secondary N) is 1. The molecule has 3 aromatic heterocycles. The van der Waals surface area contributed by atoms with Crippen LogP contribution in [-0.2, 0) is 24.8 Å². The summed E-state index contributed by atoms with van der Waals surface area (Å²) in [5.74, 6) is -0.602. The number of nitrogens with zero attached hydrogens (tertiary/aromatic N) is 7. The summed E-state index contributed by atoms with van der Waals surface area (Å²) < 4.78 is 62.6. The number of halogens is 1. The van der Waals surface area contributed by atoms with E-state index in [9.17, 15) is 9.18 Å². The summed E-state index contributed by atoms with van der Waals surface area (Å²) in [6.45, 7) is 0.291. The molecule has 11 heteroatoms. The molecule has 186 valence electrons. The van der Waals surface area contributed by atoms with Gasteiger partial charge in [0, 0.05) is 45.6 Å². The molecule has 0 bridgehead atoms. The lowest BCUT2D eigenvalue weighted by molar-refractivity contribution is 0.0380. The fourth-order valence-electron chi connectivity index (χ4n) is 3.96. The zero-order valence-corrected chi connectivity index (χ0v) is 19.9. The Balaban J connectivity index is 1.53. The fraction of sp³-hybridized carbons (Fsp3) is 0.320. The van der Waals surface area contributed by atoms with Crippen molar-refractivity contribution in [1.29, 1.82) is 0 Å². The summed E-state index contributed by atoms with van der Waals surface area (Å²) in [6, 6.07) is 4.53. The van der Waals surface area contributed by atoms with E-state index < -0.39 is 37.9 Å². The molecule has 0 fully saturated rings. The Morgan fingerprint density at radius 3 is 2.89 bits per heavy atom. The van der Waals surface area contributed by atoms with Crippen molar-refractivity contribution in [1.82, 2.24) is 34.2 Å². The first-order valence-corrected chi connectivity index (χ1v) is 11.1. The van der Waals surface area contributed by atoms with Crippen molar-refractivity contribution in [3.05, 3.63) is 71.2 Å².